The molecule has 1 aromatic carbocycles. The molecule has 0 aliphatic heterocycles. The predicted octanol–water partition coefficient (Wildman–Crippen LogP) is 4.66. The van der Waals surface area contributed by atoms with E-state index >= 15 is 0 Å². The second kappa shape index (κ2) is 8.39. The van der Waals surface area contributed by atoms with Gasteiger partial charge < -0.3 is 5.32 Å². The minimum Gasteiger partial charge on any atom is -0.322 e. The van der Waals surface area contributed by atoms with Crippen LogP contribution in [0.2, 0.25) is 0 Å². The maximum atomic E-state index is 12.7. The van der Waals surface area contributed by atoms with Crippen LogP contribution in [0.1, 0.15) is 16.8 Å². The molecule has 0 spiro atoms. The van der Waals surface area contributed by atoms with Gasteiger partial charge in [-0.3, -0.25) is 9.48 Å². The topological polar surface area (TPSA) is 77.6 Å². The lowest BCUT2D eigenvalue weighted by Gasteiger charge is -2.05. The van der Waals surface area contributed by atoms with Crippen molar-refractivity contribution in [2.45, 2.75) is 26.9 Å². The number of nitrogens with one attached hydrogen (secondary N) is 1. The largest absolute Gasteiger partial charge is 0.322 e. The van der Waals surface area contributed by atoms with E-state index in [1.807, 2.05) is 35.3 Å². The van der Waals surface area contributed by atoms with Gasteiger partial charge in [0.1, 0.15) is 6.54 Å². The van der Waals surface area contributed by atoms with Crippen LogP contribution in [-0.2, 0) is 17.9 Å². The first-order valence-electron chi connectivity index (χ1n) is 10.3. The fourth-order valence-electron chi connectivity index (χ4n) is 3.76. The van der Waals surface area contributed by atoms with Crippen molar-refractivity contribution in [2.75, 3.05) is 5.32 Å². The monoisotopic (exact) mass is 442 g/mol. The average molecular weight is 443 g/mol. The molecule has 5 rings (SSSR count). The van der Waals surface area contributed by atoms with Crippen LogP contribution in [0.5, 0.6) is 0 Å². The van der Waals surface area contributed by atoms with E-state index in [9.17, 15) is 4.79 Å². The number of benzene rings is 1. The standard InChI is InChI=1S/C24H22N6OS/c1-16-5-7-18(8-6-16)13-29-14-19(12-26-29)27-22(31)15-30-24-23(17(2)28-30)20(9-10-25-24)21-4-3-11-32-21/h3-12,14H,13,15H2,1-2H3,(H,27,31). The Bertz CT molecular complexity index is 1380. The molecule has 0 aliphatic rings. The lowest BCUT2D eigenvalue weighted by molar-refractivity contribution is -0.116. The van der Waals surface area contributed by atoms with Gasteiger partial charge in [-0.2, -0.15) is 10.2 Å². The van der Waals surface area contributed by atoms with E-state index < -0.39 is 0 Å². The summed E-state index contributed by atoms with van der Waals surface area (Å²) in [5, 5.41) is 14.9. The summed E-state index contributed by atoms with van der Waals surface area (Å²) in [6.07, 6.45) is 5.26. The molecule has 0 bridgehead atoms. The zero-order valence-electron chi connectivity index (χ0n) is 17.8. The van der Waals surface area contributed by atoms with E-state index in [0.717, 1.165) is 27.1 Å². The Morgan fingerprint density at radius 3 is 2.75 bits per heavy atom. The number of aryl methyl sites for hydroxylation is 2. The van der Waals surface area contributed by atoms with Gasteiger partial charge in [0.15, 0.2) is 5.65 Å². The molecule has 1 amide bonds. The molecule has 0 saturated heterocycles. The van der Waals surface area contributed by atoms with Crippen LogP contribution in [0.4, 0.5) is 5.69 Å². The van der Waals surface area contributed by atoms with Crippen molar-refractivity contribution in [3.05, 3.63) is 83.3 Å². The van der Waals surface area contributed by atoms with Crippen molar-refractivity contribution in [3.8, 4) is 10.4 Å². The van der Waals surface area contributed by atoms with Crippen molar-refractivity contribution in [1.82, 2.24) is 24.5 Å². The number of fused-ring (bicyclic) bond motifs is 1. The first-order valence-corrected chi connectivity index (χ1v) is 11.2. The van der Waals surface area contributed by atoms with Crippen LogP contribution in [-0.4, -0.2) is 30.5 Å². The number of aromatic nitrogens is 5. The molecule has 160 valence electrons. The number of hydrogen-bond donors (Lipinski definition) is 1. The smallest absolute Gasteiger partial charge is 0.246 e. The Kier molecular flexibility index (Phi) is 5.28. The SMILES string of the molecule is Cc1ccc(Cn2cc(NC(=O)Cn3nc(C)c4c(-c5cccs5)ccnc43)cn2)cc1. The Morgan fingerprint density at radius 2 is 1.97 bits per heavy atom. The van der Waals surface area contributed by atoms with E-state index in [4.69, 9.17) is 0 Å². The Labute approximate surface area is 189 Å². The lowest BCUT2D eigenvalue weighted by atomic mass is 10.1. The Morgan fingerprint density at radius 1 is 1.12 bits per heavy atom. The summed E-state index contributed by atoms with van der Waals surface area (Å²) in [4.78, 5) is 18.4. The Hall–Kier alpha value is -3.78. The fraction of sp³-hybridized carbons (Fsp3) is 0.167. The van der Waals surface area contributed by atoms with Gasteiger partial charge in [-0.05, 0) is 36.9 Å². The van der Waals surface area contributed by atoms with E-state index in [2.05, 4.69) is 57.8 Å². The first-order chi connectivity index (χ1) is 15.6. The first kappa shape index (κ1) is 20.1. The zero-order valence-corrected chi connectivity index (χ0v) is 18.6. The van der Waals surface area contributed by atoms with Crippen molar-refractivity contribution in [3.63, 3.8) is 0 Å². The molecule has 4 heterocycles. The summed E-state index contributed by atoms with van der Waals surface area (Å²) in [5.74, 6) is -0.174. The van der Waals surface area contributed by atoms with Gasteiger partial charge in [-0.15, -0.1) is 11.3 Å². The van der Waals surface area contributed by atoms with Crippen molar-refractivity contribution < 1.29 is 4.79 Å². The number of thiophene rings is 1. The molecule has 0 aliphatic carbocycles. The van der Waals surface area contributed by atoms with Gasteiger partial charge in [-0.1, -0.05) is 35.9 Å². The van der Waals surface area contributed by atoms with Gasteiger partial charge in [0, 0.05) is 22.8 Å². The predicted molar refractivity (Wildman–Crippen MR) is 127 cm³/mol. The van der Waals surface area contributed by atoms with Crippen LogP contribution >= 0.6 is 11.3 Å². The fourth-order valence-corrected chi connectivity index (χ4v) is 4.52. The summed E-state index contributed by atoms with van der Waals surface area (Å²) in [6, 6.07) is 14.4. The van der Waals surface area contributed by atoms with Gasteiger partial charge in [-0.25, -0.2) is 9.67 Å². The van der Waals surface area contributed by atoms with Gasteiger partial charge >= 0.3 is 0 Å². The van der Waals surface area contributed by atoms with Crippen molar-refractivity contribution in [1.29, 1.82) is 0 Å². The number of pyridine rings is 1. The highest BCUT2D eigenvalue weighted by molar-refractivity contribution is 7.13. The molecule has 0 saturated carbocycles. The van der Waals surface area contributed by atoms with E-state index in [0.29, 0.717) is 17.9 Å². The molecule has 0 radical (unpaired) electrons. The van der Waals surface area contributed by atoms with Crippen LogP contribution in [0.15, 0.2) is 66.4 Å². The summed E-state index contributed by atoms with van der Waals surface area (Å²) < 4.78 is 3.47. The molecule has 5 aromatic rings. The molecular weight excluding hydrogens is 420 g/mol. The lowest BCUT2D eigenvalue weighted by Crippen LogP contribution is -2.19. The van der Waals surface area contributed by atoms with Crippen molar-refractivity contribution >= 4 is 34.0 Å². The van der Waals surface area contributed by atoms with Crippen LogP contribution < -0.4 is 5.32 Å². The number of amides is 1. The minimum atomic E-state index is -0.174. The number of hydrogen-bond acceptors (Lipinski definition) is 5. The summed E-state index contributed by atoms with van der Waals surface area (Å²) >= 11 is 1.67. The van der Waals surface area contributed by atoms with E-state index in [1.54, 1.807) is 28.4 Å². The maximum absolute atomic E-state index is 12.7. The third kappa shape index (κ3) is 4.04. The van der Waals surface area contributed by atoms with Gasteiger partial charge in [0.2, 0.25) is 5.91 Å². The Balaban J connectivity index is 1.31. The number of nitrogens with zero attached hydrogens (tertiary/aromatic N) is 5. The second-order valence-corrected chi connectivity index (χ2v) is 8.69. The van der Waals surface area contributed by atoms with Gasteiger partial charge in [0.05, 0.1) is 29.5 Å². The zero-order chi connectivity index (χ0) is 22.1. The average Bonchev–Trinajstić information content (AvgIpc) is 3.52. The van der Waals surface area contributed by atoms with Crippen molar-refractivity contribution in [2.24, 2.45) is 0 Å². The molecule has 32 heavy (non-hydrogen) atoms. The molecule has 0 fully saturated rings. The number of rotatable bonds is 6. The quantitative estimate of drug-likeness (QED) is 0.415. The van der Waals surface area contributed by atoms with E-state index in [-0.39, 0.29) is 12.5 Å². The third-order valence-corrected chi connectivity index (χ3v) is 6.17. The number of anilines is 1. The molecule has 8 heteroatoms. The van der Waals surface area contributed by atoms with Gasteiger partial charge in [0.25, 0.3) is 0 Å². The van der Waals surface area contributed by atoms with Crippen LogP contribution in [0.3, 0.4) is 0 Å². The minimum absolute atomic E-state index is 0.0778. The number of carbonyl (C=O) groups excluding carboxylic acids is 1. The molecular formula is C24H22N6OS. The summed E-state index contributed by atoms with van der Waals surface area (Å²) in [5.41, 5.74) is 5.69. The maximum Gasteiger partial charge on any atom is 0.246 e. The highest BCUT2D eigenvalue weighted by Crippen LogP contribution is 2.32. The third-order valence-electron chi connectivity index (χ3n) is 5.27. The second-order valence-electron chi connectivity index (χ2n) is 7.74. The van der Waals surface area contributed by atoms with Crippen LogP contribution in [0, 0.1) is 13.8 Å². The van der Waals surface area contributed by atoms with Crippen LogP contribution in [0.25, 0.3) is 21.5 Å². The molecule has 0 atom stereocenters. The normalized spacial score (nSPS) is 11.2. The highest BCUT2D eigenvalue weighted by atomic mass is 32.1. The molecule has 4 aromatic heterocycles. The number of carbonyl (C=O) groups is 1. The molecule has 7 nitrogen and oxygen atoms in total. The van der Waals surface area contributed by atoms with E-state index in [1.165, 1.54) is 5.56 Å². The highest BCUT2D eigenvalue weighted by Gasteiger charge is 2.16. The summed E-state index contributed by atoms with van der Waals surface area (Å²) in [6.45, 7) is 4.74. The molecule has 0 unspecified atom stereocenters. The molecule has 1 N–H and O–H groups in total. The summed E-state index contributed by atoms with van der Waals surface area (Å²) in [7, 11) is 0.